The van der Waals surface area contributed by atoms with E-state index in [1.807, 2.05) is 0 Å². The lowest BCUT2D eigenvalue weighted by atomic mass is 10.2. The van der Waals surface area contributed by atoms with E-state index < -0.39 is 15.0 Å². The maximum absolute atomic E-state index is 12.1. The van der Waals surface area contributed by atoms with Crippen LogP contribution >= 0.6 is 38.2 Å². The molecule has 1 aromatic rings. The highest BCUT2D eigenvalue weighted by atomic mass is 79.9. The SMILES string of the molecule is O=C(OC1CCCC1)c1cc(S(=O)(=O)Cl)c(Br)cc1Cl. The number of hydrogen-bond acceptors (Lipinski definition) is 4. The summed E-state index contributed by atoms with van der Waals surface area (Å²) in [7, 11) is 1.34. The van der Waals surface area contributed by atoms with E-state index in [1.54, 1.807) is 0 Å². The molecule has 20 heavy (non-hydrogen) atoms. The molecule has 4 nitrogen and oxygen atoms in total. The summed E-state index contributed by atoms with van der Waals surface area (Å²) in [5, 5.41) is 0.115. The second kappa shape index (κ2) is 6.22. The van der Waals surface area contributed by atoms with Crippen molar-refractivity contribution >= 4 is 53.2 Å². The Labute approximate surface area is 134 Å². The Hall–Kier alpha value is -0.300. The molecule has 1 fully saturated rings. The van der Waals surface area contributed by atoms with Crippen LogP contribution in [0.25, 0.3) is 0 Å². The zero-order valence-corrected chi connectivity index (χ0v) is 14.1. The van der Waals surface area contributed by atoms with Crippen molar-refractivity contribution in [2.75, 3.05) is 0 Å². The Morgan fingerprint density at radius 2 is 1.90 bits per heavy atom. The Bertz CT molecular complexity index is 639. The fourth-order valence-corrected chi connectivity index (χ4v) is 4.66. The molecule has 0 radical (unpaired) electrons. The third kappa shape index (κ3) is 3.67. The van der Waals surface area contributed by atoms with E-state index in [1.165, 1.54) is 6.07 Å². The summed E-state index contributed by atoms with van der Waals surface area (Å²) >= 11 is 9.02. The lowest BCUT2D eigenvalue weighted by Crippen LogP contribution is -2.15. The van der Waals surface area contributed by atoms with Gasteiger partial charge in [-0.2, -0.15) is 0 Å². The molecule has 2 rings (SSSR count). The number of benzene rings is 1. The fourth-order valence-electron chi connectivity index (χ4n) is 2.09. The van der Waals surface area contributed by atoms with E-state index in [0.717, 1.165) is 31.7 Å². The molecular formula is C12H11BrCl2O4S. The second-order valence-corrected chi connectivity index (χ2v) is 8.31. The number of halogens is 3. The average molecular weight is 402 g/mol. The van der Waals surface area contributed by atoms with Gasteiger partial charge in [0.1, 0.15) is 6.10 Å². The van der Waals surface area contributed by atoms with Crippen molar-refractivity contribution < 1.29 is 17.9 Å². The van der Waals surface area contributed by atoms with Gasteiger partial charge in [-0.1, -0.05) is 11.6 Å². The summed E-state index contributed by atoms with van der Waals surface area (Å²) in [6.07, 6.45) is 3.56. The van der Waals surface area contributed by atoms with Gasteiger partial charge in [0.2, 0.25) is 0 Å². The molecule has 1 aliphatic carbocycles. The number of hydrogen-bond donors (Lipinski definition) is 0. The summed E-state index contributed by atoms with van der Waals surface area (Å²) in [4.78, 5) is 11.8. The van der Waals surface area contributed by atoms with Crippen LogP contribution in [0.15, 0.2) is 21.5 Å². The second-order valence-electron chi connectivity index (χ2n) is 4.51. The molecule has 0 bridgehead atoms. The molecule has 1 saturated carbocycles. The predicted molar refractivity (Wildman–Crippen MR) is 79.9 cm³/mol. The molecule has 0 atom stereocenters. The van der Waals surface area contributed by atoms with Gasteiger partial charge >= 0.3 is 5.97 Å². The van der Waals surface area contributed by atoms with Gasteiger partial charge in [0.15, 0.2) is 0 Å². The number of carbonyl (C=O) groups excluding carboxylic acids is 1. The molecule has 0 saturated heterocycles. The summed E-state index contributed by atoms with van der Waals surface area (Å²) in [6.45, 7) is 0. The van der Waals surface area contributed by atoms with Crippen molar-refractivity contribution in [2.24, 2.45) is 0 Å². The van der Waals surface area contributed by atoms with Crippen LogP contribution < -0.4 is 0 Å². The minimum Gasteiger partial charge on any atom is -0.459 e. The highest BCUT2D eigenvalue weighted by Crippen LogP contribution is 2.32. The molecule has 0 unspecified atom stereocenters. The van der Waals surface area contributed by atoms with Gasteiger partial charge in [-0.15, -0.1) is 0 Å². The summed E-state index contributed by atoms with van der Waals surface area (Å²) in [5.74, 6) is -0.629. The summed E-state index contributed by atoms with van der Waals surface area (Å²) < 4.78 is 28.4. The highest BCUT2D eigenvalue weighted by Gasteiger charge is 2.24. The lowest BCUT2D eigenvalue weighted by Gasteiger charge is -2.13. The van der Waals surface area contributed by atoms with Crippen molar-refractivity contribution in [3.8, 4) is 0 Å². The van der Waals surface area contributed by atoms with Crippen molar-refractivity contribution in [1.29, 1.82) is 0 Å². The minimum atomic E-state index is -3.97. The molecule has 8 heteroatoms. The van der Waals surface area contributed by atoms with Gasteiger partial charge in [0.25, 0.3) is 9.05 Å². The van der Waals surface area contributed by atoms with Crippen molar-refractivity contribution in [1.82, 2.24) is 0 Å². The average Bonchev–Trinajstić information content (AvgIpc) is 2.79. The van der Waals surface area contributed by atoms with Crippen LogP contribution in [0.2, 0.25) is 5.02 Å². The zero-order valence-electron chi connectivity index (χ0n) is 10.2. The molecule has 110 valence electrons. The molecule has 0 aliphatic heterocycles. The molecular weight excluding hydrogens is 391 g/mol. The first-order valence-electron chi connectivity index (χ1n) is 5.93. The van der Waals surface area contributed by atoms with Crippen molar-refractivity contribution in [3.63, 3.8) is 0 Å². The van der Waals surface area contributed by atoms with Gasteiger partial charge in [0.05, 0.1) is 15.5 Å². The van der Waals surface area contributed by atoms with E-state index in [-0.39, 0.29) is 26.1 Å². The Balaban J connectivity index is 2.33. The van der Waals surface area contributed by atoms with Crippen LogP contribution in [0.4, 0.5) is 0 Å². The van der Waals surface area contributed by atoms with Crippen LogP contribution in [0.1, 0.15) is 36.0 Å². The first-order valence-corrected chi connectivity index (χ1v) is 9.42. The van der Waals surface area contributed by atoms with Crippen LogP contribution in [0, 0.1) is 0 Å². The molecule has 0 aromatic heterocycles. The van der Waals surface area contributed by atoms with Crippen molar-refractivity contribution in [2.45, 2.75) is 36.7 Å². The van der Waals surface area contributed by atoms with Gasteiger partial charge in [-0.05, 0) is 53.7 Å². The lowest BCUT2D eigenvalue weighted by molar-refractivity contribution is 0.0318. The predicted octanol–water partition coefficient (Wildman–Crippen LogP) is 4.13. The Kier molecular flexibility index (Phi) is 5.00. The van der Waals surface area contributed by atoms with E-state index in [4.69, 9.17) is 27.0 Å². The maximum Gasteiger partial charge on any atom is 0.339 e. The Morgan fingerprint density at radius 1 is 1.30 bits per heavy atom. The normalized spacial score (nSPS) is 16.4. The number of carbonyl (C=O) groups is 1. The largest absolute Gasteiger partial charge is 0.459 e. The monoisotopic (exact) mass is 400 g/mol. The van der Waals surface area contributed by atoms with Crippen LogP contribution in [-0.4, -0.2) is 20.5 Å². The van der Waals surface area contributed by atoms with Crippen molar-refractivity contribution in [3.05, 3.63) is 27.2 Å². The molecule has 1 aromatic carbocycles. The standard InChI is InChI=1S/C12H11BrCl2O4S/c13-9-6-10(14)8(5-11(9)20(15,17)18)12(16)19-7-3-1-2-4-7/h5-7H,1-4H2. The van der Waals surface area contributed by atoms with Gasteiger partial charge in [-0.3, -0.25) is 0 Å². The van der Waals surface area contributed by atoms with E-state index >= 15 is 0 Å². The van der Waals surface area contributed by atoms with E-state index in [9.17, 15) is 13.2 Å². The quantitative estimate of drug-likeness (QED) is 0.564. The Morgan fingerprint density at radius 3 is 2.45 bits per heavy atom. The number of ether oxygens (including phenoxy) is 1. The maximum atomic E-state index is 12.1. The third-order valence-electron chi connectivity index (χ3n) is 3.08. The fraction of sp³-hybridized carbons (Fsp3) is 0.417. The number of esters is 1. The van der Waals surface area contributed by atoms with E-state index in [0.29, 0.717) is 0 Å². The van der Waals surface area contributed by atoms with E-state index in [2.05, 4.69) is 15.9 Å². The van der Waals surface area contributed by atoms with Gasteiger partial charge in [0, 0.05) is 15.2 Å². The van der Waals surface area contributed by atoms with Gasteiger partial charge < -0.3 is 4.74 Å². The molecule has 0 N–H and O–H groups in total. The van der Waals surface area contributed by atoms with Crippen LogP contribution in [0.5, 0.6) is 0 Å². The minimum absolute atomic E-state index is 0.000918. The highest BCUT2D eigenvalue weighted by molar-refractivity contribution is 9.10. The smallest absolute Gasteiger partial charge is 0.339 e. The third-order valence-corrected chi connectivity index (χ3v) is 5.67. The first-order chi connectivity index (χ1) is 9.29. The summed E-state index contributed by atoms with van der Waals surface area (Å²) in [5.41, 5.74) is 0.000918. The molecule has 0 heterocycles. The topological polar surface area (TPSA) is 60.4 Å². The molecule has 0 amide bonds. The zero-order chi connectivity index (χ0) is 14.9. The van der Waals surface area contributed by atoms with Crippen LogP contribution in [0.3, 0.4) is 0 Å². The summed E-state index contributed by atoms with van der Waals surface area (Å²) in [6, 6.07) is 2.45. The van der Waals surface area contributed by atoms with Crippen LogP contribution in [-0.2, 0) is 13.8 Å². The number of rotatable bonds is 3. The first kappa shape index (κ1) is 16.1. The van der Waals surface area contributed by atoms with Gasteiger partial charge in [-0.25, -0.2) is 13.2 Å². The molecule has 0 spiro atoms. The molecule has 1 aliphatic rings.